The Hall–Kier alpha value is -3.72. The van der Waals surface area contributed by atoms with Gasteiger partial charge in [0.15, 0.2) is 6.29 Å². The molecule has 2 heterocycles. The predicted octanol–water partition coefficient (Wildman–Crippen LogP) is 6.14. The van der Waals surface area contributed by atoms with Crippen LogP contribution in [0, 0.1) is 6.92 Å². The van der Waals surface area contributed by atoms with Gasteiger partial charge in [0.1, 0.15) is 17.2 Å². The lowest BCUT2D eigenvalue weighted by molar-refractivity contribution is 0.111. The minimum absolute atomic E-state index is 0.0530. The highest BCUT2D eigenvalue weighted by Gasteiger charge is 2.28. The molecule has 5 rings (SSSR count). The summed E-state index contributed by atoms with van der Waals surface area (Å²) in [4.78, 5) is 16.2. The molecular formula is C27H21ClN2O5S. The Labute approximate surface area is 212 Å². The zero-order chi connectivity index (χ0) is 25.4. The van der Waals surface area contributed by atoms with Crippen LogP contribution in [0.5, 0.6) is 11.5 Å². The summed E-state index contributed by atoms with van der Waals surface area (Å²) in [6, 6.07) is 18.6. The maximum atomic E-state index is 13.9. The maximum Gasteiger partial charge on any atom is 0.268 e. The number of methoxy groups -OCH3 is 1. The normalized spacial score (nSPS) is 11.8. The van der Waals surface area contributed by atoms with E-state index in [0.717, 1.165) is 5.56 Å². The van der Waals surface area contributed by atoms with Gasteiger partial charge in [-0.1, -0.05) is 35.4 Å². The number of fused-ring (bicyclic) bond motifs is 3. The molecule has 0 aliphatic carbocycles. The van der Waals surface area contributed by atoms with Gasteiger partial charge in [0.25, 0.3) is 10.0 Å². The number of aryl methyl sites for hydroxylation is 1. The number of hydrogen-bond acceptors (Lipinski definition) is 6. The molecule has 7 nitrogen and oxygen atoms in total. The second-order valence-electron chi connectivity index (χ2n) is 8.22. The van der Waals surface area contributed by atoms with Crippen molar-refractivity contribution in [3.05, 3.63) is 94.8 Å². The fourth-order valence-corrected chi connectivity index (χ4v) is 5.87. The van der Waals surface area contributed by atoms with Crippen molar-refractivity contribution in [1.29, 1.82) is 0 Å². The third-order valence-corrected chi connectivity index (χ3v) is 7.88. The third-order valence-electron chi connectivity index (χ3n) is 5.89. The number of carbonyl (C=O) groups excluding carboxylic acids is 1. The molecule has 0 N–H and O–H groups in total. The SMILES string of the molecule is COCc1c(C=O)ncc2c1c1c(Oc3ccc(Cl)cc3)cccc1n2S(=O)(=O)c1ccc(C)cc1. The Morgan fingerprint density at radius 2 is 1.69 bits per heavy atom. The van der Waals surface area contributed by atoms with E-state index in [0.29, 0.717) is 50.2 Å². The molecular weight excluding hydrogens is 500 g/mol. The number of carbonyl (C=O) groups is 1. The van der Waals surface area contributed by atoms with Crippen LogP contribution in [-0.2, 0) is 21.4 Å². The molecule has 0 bridgehead atoms. The number of aromatic nitrogens is 2. The van der Waals surface area contributed by atoms with Crippen molar-refractivity contribution in [2.24, 2.45) is 0 Å². The van der Waals surface area contributed by atoms with E-state index in [9.17, 15) is 13.2 Å². The van der Waals surface area contributed by atoms with Crippen LogP contribution >= 0.6 is 11.6 Å². The van der Waals surface area contributed by atoms with Gasteiger partial charge in [0, 0.05) is 23.1 Å². The van der Waals surface area contributed by atoms with E-state index in [1.807, 2.05) is 6.92 Å². The Morgan fingerprint density at radius 1 is 0.972 bits per heavy atom. The molecule has 36 heavy (non-hydrogen) atoms. The molecule has 9 heteroatoms. The number of rotatable bonds is 7. The van der Waals surface area contributed by atoms with Gasteiger partial charge in [0.2, 0.25) is 0 Å². The Balaban J connectivity index is 1.89. The van der Waals surface area contributed by atoms with Crippen molar-refractivity contribution >= 4 is 49.7 Å². The average molecular weight is 521 g/mol. The lowest BCUT2D eigenvalue weighted by Crippen LogP contribution is -2.13. The van der Waals surface area contributed by atoms with Crippen LogP contribution in [0.4, 0.5) is 0 Å². The number of hydrogen-bond donors (Lipinski definition) is 0. The fourth-order valence-electron chi connectivity index (χ4n) is 4.24. The quantitative estimate of drug-likeness (QED) is 0.239. The maximum absolute atomic E-state index is 13.9. The number of aldehydes is 1. The van der Waals surface area contributed by atoms with Gasteiger partial charge < -0.3 is 9.47 Å². The molecule has 3 aromatic carbocycles. The highest BCUT2D eigenvalue weighted by Crippen LogP contribution is 2.41. The standard InChI is InChI=1S/C27H21ClN2O5S/c1-17-6-12-20(13-7-17)36(32,33)30-23-4-3-5-25(35-19-10-8-18(28)9-11-19)27(23)26-21(16-34-2)22(15-31)29-14-24(26)30/h3-15H,16H2,1-2H3. The monoisotopic (exact) mass is 520 g/mol. The fraction of sp³-hybridized carbons (Fsp3) is 0.111. The number of halogens is 1. The first-order valence-electron chi connectivity index (χ1n) is 11.0. The molecule has 0 unspecified atom stereocenters. The Kier molecular flexibility index (Phi) is 6.26. The number of ether oxygens (including phenoxy) is 2. The summed E-state index contributed by atoms with van der Waals surface area (Å²) in [5.74, 6) is 0.935. The molecule has 0 amide bonds. The number of benzene rings is 3. The van der Waals surface area contributed by atoms with Crippen molar-refractivity contribution in [2.45, 2.75) is 18.4 Å². The zero-order valence-electron chi connectivity index (χ0n) is 19.4. The van der Waals surface area contributed by atoms with Crippen LogP contribution in [0.2, 0.25) is 5.02 Å². The van der Waals surface area contributed by atoms with Crippen LogP contribution in [0.1, 0.15) is 21.6 Å². The van der Waals surface area contributed by atoms with E-state index in [4.69, 9.17) is 21.1 Å². The number of pyridine rings is 1. The van der Waals surface area contributed by atoms with Gasteiger partial charge in [-0.25, -0.2) is 12.4 Å². The summed E-state index contributed by atoms with van der Waals surface area (Å²) in [5, 5.41) is 1.60. The first-order valence-corrected chi connectivity index (χ1v) is 12.8. The Morgan fingerprint density at radius 3 is 2.36 bits per heavy atom. The van der Waals surface area contributed by atoms with Crippen LogP contribution < -0.4 is 4.74 Å². The largest absolute Gasteiger partial charge is 0.457 e. The summed E-state index contributed by atoms with van der Waals surface area (Å²) in [6.07, 6.45) is 2.03. The van der Waals surface area contributed by atoms with Crippen LogP contribution in [0.15, 0.2) is 77.8 Å². The van der Waals surface area contributed by atoms with E-state index in [1.54, 1.807) is 66.7 Å². The van der Waals surface area contributed by atoms with E-state index in [1.165, 1.54) is 17.3 Å². The van der Waals surface area contributed by atoms with Gasteiger partial charge in [-0.2, -0.15) is 0 Å². The molecule has 5 aromatic rings. The van der Waals surface area contributed by atoms with Gasteiger partial charge in [-0.05, 0) is 55.5 Å². The number of nitrogens with zero attached hydrogens (tertiary/aromatic N) is 2. The zero-order valence-corrected chi connectivity index (χ0v) is 21.0. The lowest BCUT2D eigenvalue weighted by Gasteiger charge is -2.10. The van der Waals surface area contributed by atoms with Crippen molar-refractivity contribution in [3.63, 3.8) is 0 Å². The van der Waals surface area contributed by atoms with Crippen LogP contribution in [0.25, 0.3) is 21.8 Å². The van der Waals surface area contributed by atoms with E-state index in [2.05, 4.69) is 4.98 Å². The van der Waals surface area contributed by atoms with Gasteiger partial charge in [-0.15, -0.1) is 0 Å². The molecule has 0 saturated carbocycles. The highest BCUT2D eigenvalue weighted by atomic mass is 35.5. The molecule has 2 aromatic heterocycles. The molecule has 0 atom stereocenters. The molecule has 0 radical (unpaired) electrons. The molecule has 0 saturated heterocycles. The van der Waals surface area contributed by atoms with Crippen molar-refractivity contribution in [2.75, 3.05) is 7.11 Å². The van der Waals surface area contributed by atoms with Crippen molar-refractivity contribution in [1.82, 2.24) is 8.96 Å². The van der Waals surface area contributed by atoms with Gasteiger partial charge in [-0.3, -0.25) is 9.78 Å². The first kappa shape index (κ1) is 24.0. The van der Waals surface area contributed by atoms with Crippen LogP contribution in [-0.4, -0.2) is 30.8 Å². The van der Waals surface area contributed by atoms with E-state index >= 15 is 0 Å². The predicted molar refractivity (Wildman–Crippen MR) is 139 cm³/mol. The van der Waals surface area contributed by atoms with Crippen molar-refractivity contribution in [3.8, 4) is 11.5 Å². The minimum Gasteiger partial charge on any atom is -0.457 e. The molecule has 0 aliphatic rings. The van der Waals surface area contributed by atoms with Gasteiger partial charge in [0.05, 0.1) is 34.1 Å². The van der Waals surface area contributed by atoms with E-state index < -0.39 is 10.0 Å². The second kappa shape index (κ2) is 9.39. The average Bonchev–Trinajstić information content (AvgIpc) is 3.22. The molecule has 0 spiro atoms. The van der Waals surface area contributed by atoms with Crippen LogP contribution in [0.3, 0.4) is 0 Å². The van der Waals surface area contributed by atoms with E-state index in [-0.39, 0.29) is 17.2 Å². The Bertz CT molecular complexity index is 1710. The highest BCUT2D eigenvalue weighted by molar-refractivity contribution is 7.90. The second-order valence-corrected chi connectivity index (χ2v) is 10.4. The summed E-state index contributed by atoms with van der Waals surface area (Å²) < 4.78 is 40.7. The molecule has 182 valence electrons. The molecule has 0 fully saturated rings. The smallest absolute Gasteiger partial charge is 0.268 e. The topological polar surface area (TPSA) is 87.5 Å². The summed E-state index contributed by atoms with van der Waals surface area (Å²) in [6.45, 7) is 1.94. The first-order chi connectivity index (χ1) is 17.3. The van der Waals surface area contributed by atoms with Gasteiger partial charge >= 0.3 is 0 Å². The summed E-state index contributed by atoms with van der Waals surface area (Å²) in [5.41, 5.74) is 2.28. The van der Waals surface area contributed by atoms with Crippen molar-refractivity contribution < 1.29 is 22.7 Å². The lowest BCUT2D eigenvalue weighted by atomic mass is 10.1. The summed E-state index contributed by atoms with van der Waals surface area (Å²) >= 11 is 6.02. The third kappa shape index (κ3) is 4.03. The molecule has 0 aliphatic heterocycles. The summed E-state index contributed by atoms with van der Waals surface area (Å²) in [7, 11) is -2.54. The minimum atomic E-state index is -4.04.